The van der Waals surface area contributed by atoms with Crippen molar-refractivity contribution in [1.29, 1.82) is 0 Å². The van der Waals surface area contributed by atoms with Crippen LogP contribution in [0.1, 0.15) is 30.9 Å². The highest BCUT2D eigenvalue weighted by Crippen LogP contribution is 2.44. The van der Waals surface area contributed by atoms with E-state index in [1.165, 1.54) is 11.1 Å². The molecule has 1 saturated heterocycles. The fraction of sp³-hybridized carbons (Fsp3) is 0.400. The smallest absolute Gasteiger partial charge is 0.407 e. The lowest BCUT2D eigenvalue weighted by molar-refractivity contribution is -0.152. The Labute approximate surface area is 187 Å². The summed E-state index contributed by atoms with van der Waals surface area (Å²) in [6.07, 6.45) is -0.549. The molecule has 2 aromatic rings. The zero-order valence-electron chi connectivity index (χ0n) is 18.3. The van der Waals surface area contributed by atoms with Crippen LogP contribution in [-0.2, 0) is 14.3 Å². The molecule has 7 heteroatoms. The summed E-state index contributed by atoms with van der Waals surface area (Å²) in [5, 5.41) is 11.8. The fourth-order valence-electron chi connectivity index (χ4n) is 4.50. The van der Waals surface area contributed by atoms with Crippen LogP contribution in [0.25, 0.3) is 11.1 Å². The number of ether oxygens (including phenoxy) is 1. The number of carboxylic acids is 1. The van der Waals surface area contributed by atoms with E-state index in [4.69, 9.17) is 9.84 Å². The van der Waals surface area contributed by atoms with E-state index < -0.39 is 23.9 Å². The number of hydrogen-bond donors (Lipinski definition) is 2. The van der Waals surface area contributed by atoms with Gasteiger partial charge in [-0.1, -0.05) is 62.4 Å². The third kappa shape index (κ3) is 4.20. The predicted octanol–water partition coefficient (Wildman–Crippen LogP) is 3.34. The second-order valence-corrected chi connectivity index (χ2v) is 8.74. The van der Waals surface area contributed by atoms with Gasteiger partial charge in [-0.3, -0.25) is 9.59 Å². The van der Waals surface area contributed by atoms with Crippen molar-refractivity contribution in [1.82, 2.24) is 10.2 Å². The second-order valence-electron chi connectivity index (χ2n) is 8.74. The highest BCUT2D eigenvalue weighted by molar-refractivity contribution is 5.81. The molecule has 1 aliphatic heterocycles. The third-order valence-corrected chi connectivity index (χ3v) is 6.64. The van der Waals surface area contributed by atoms with Crippen LogP contribution in [-0.4, -0.2) is 54.2 Å². The molecule has 32 heavy (non-hydrogen) atoms. The number of carbonyl (C=O) groups is 3. The van der Waals surface area contributed by atoms with Gasteiger partial charge in [-0.15, -0.1) is 0 Å². The highest BCUT2D eigenvalue weighted by Gasteiger charge is 2.38. The Morgan fingerprint density at radius 2 is 1.59 bits per heavy atom. The van der Waals surface area contributed by atoms with Crippen LogP contribution in [0.2, 0.25) is 0 Å². The van der Waals surface area contributed by atoms with E-state index in [1.54, 1.807) is 18.7 Å². The minimum atomic E-state index is -0.841. The largest absolute Gasteiger partial charge is 0.481 e. The molecule has 168 valence electrons. The maximum Gasteiger partial charge on any atom is 0.407 e. The maximum atomic E-state index is 12.5. The number of benzene rings is 2. The van der Waals surface area contributed by atoms with Gasteiger partial charge >= 0.3 is 12.1 Å². The van der Waals surface area contributed by atoms with Crippen molar-refractivity contribution in [2.75, 3.05) is 26.2 Å². The molecule has 4 rings (SSSR count). The minimum absolute atomic E-state index is 0.0125. The Bertz CT molecular complexity index is 985. The van der Waals surface area contributed by atoms with E-state index in [0.29, 0.717) is 13.1 Å². The van der Waals surface area contributed by atoms with Gasteiger partial charge in [-0.25, -0.2) is 4.79 Å². The zero-order chi connectivity index (χ0) is 22.8. The summed E-state index contributed by atoms with van der Waals surface area (Å²) in [5.41, 5.74) is 4.63. The number of alkyl carbamates (subject to hydrolysis) is 1. The number of carbonyl (C=O) groups excluding carboxylic acids is 2. The quantitative estimate of drug-likeness (QED) is 0.694. The van der Waals surface area contributed by atoms with Crippen LogP contribution < -0.4 is 5.32 Å². The molecule has 2 atom stereocenters. The highest BCUT2D eigenvalue weighted by atomic mass is 16.5. The molecule has 0 saturated carbocycles. The Hall–Kier alpha value is -3.35. The van der Waals surface area contributed by atoms with Gasteiger partial charge in [0.05, 0.1) is 11.8 Å². The third-order valence-electron chi connectivity index (χ3n) is 6.64. The van der Waals surface area contributed by atoms with Crippen LogP contribution in [0, 0.1) is 17.8 Å². The number of rotatable bonds is 7. The first kappa shape index (κ1) is 21.9. The van der Waals surface area contributed by atoms with Crippen LogP contribution in [0.5, 0.6) is 0 Å². The average molecular weight is 437 g/mol. The summed E-state index contributed by atoms with van der Waals surface area (Å²) in [7, 11) is 0. The first-order valence-electron chi connectivity index (χ1n) is 11.0. The van der Waals surface area contributed by atoms with Crippen molar-refractivity contribution in [2.24, 2.45) is 17.8 Å². The molecule has 0 aromatic heterocycles. The van der Waals surface area contributed by atoms with Crippen LogP contribution in [0.3, 0.4) is 0 Å². The lowest BCUT2D eigenvalue weighted by atomic mass is 9.86. The monoisotopic (exact) mass is 436 g/mol. The van der Waals surface area contributed by atoms with E-state index in [2.05, 4.69) is 29.6 Å². The van der Waals surface area contributed by atoms with E-state index >= 15 is 0 Å². The first-order chi connectivity index (χ1) is 15.4. The summed E-state index contributed by atoms with van der Waals surface area (Å²) in [5.74, 6) is -1.82. The van der Waals surface area contributed by atoms with Crippen molar-refractivity contribution < 1.29 is 24.2 Å². The predicted molar refractivity (Wildman–Crippen MR) is 119 cm³/mol. The molecule has 2 unspecified atom stereocenters. The molecule has 7 nitrogen and oxygen atoms in total. The Kier molecular flexibility index (Phi) is 6.17. The van der Waals surface area contributed by atoms with Gasteiger partial charge < -0.3 is 20.1 Å². The van der Waals surface area contributed by atoms with Crippen molar-refractivity contribution in [3.8, 4) is 11.1 Å². The average Bonchev–Trinajstić information content (AvgIpc) is 3.08. The van der Waals surface area contributed by atoms with Crippen LogP contribution in [0.15, 0.2) is 48.5 Å². The number of nitrogens with one attached hydrogen (secondary N) is 1. The molecule has 2 aromatic carbocycles. The fourth-order valence-corrected chi connectivity index (χ4v) is 4.50. The van der Waals surface area contributed by atoms with Gasteiger partial charge in [0.15, 0.2) is 0 Å². The number of amides is 2. The molecular weight excluding hydrogens is 408 g/mol. The summed E-state index contributed by atoms with van der Waals surface area (Å²) in [4.78, 5) is 37.5. The van der Waals surface area contributed by atoms with Gasteiger partial charge in [0.2, 0.25) is 5.91 Å². The number of likely N-dealkylation sites (tertiary alicyclic amines) is 1. The molecule has 2 aliphatic rings. The molecule has 1 fully saturated rings. The summed E-state index contributed by atoms with van der Waals surface area (Å²) in [6, 6.07) is 16.3. The Morgan fingerprint density at radius 3 is 2.16 bits per heavy atom. The van der Waals surface area contributed by atoms with Crippen molar-refractivity contribution in [2.45, 2.75) is 19.8 Å². The number of carboxylic acid groups (broad SMARTS) is 1. The van der Waals surface area contributed by atoms with Gasteiger partial charge in [-0.05, 0) is 22.3 Å². The lowest BCUT2D eigenvalue weighted by Gasteiger charge is -2.42. The van der Waals surface area contributed by atoms with E-state index in [9.17, 15) is 14.4 Å². The molecule has 0 bridgehead atoms. The number of aliphatic carboxylic acids is 1. The van der Waals surface area contributed by atoms with Crippen molar-refractivity contribution in [3.05, 3.63) is 59.7 Å². The standard InChI is InChI=1S/C25H28N2O5/c1-15(23(28)27-12-17(13-27)16(2)24(29)30)11-26-25(31)32-14-22-20-9-5-3-7-18(20)19-8-4-6-10-21(19)22/h3-10,15-17,22H,11-14H2,1-2H3,(H,26,31)(H,29,30). The summed E-state index contributed by atoms with van der Waals surface area (Å²) >= 11 is 0. The number of nitrogens with zero attached hydrogens (tertiary/aromatic N) is 1. The summed E-state index contributed by atoms with van der Waals surface area (Å²) in [6.45, 7) is 4.70. The van der Waals surface area contributed by atoms with Crippen molar-refractivity contribution in [3.63, 3.8) is 0 Å². The summed E-state index contributed by atoms with van der Waals surface area (Å²) < 4.78 is 5.51. The lowest BCUT2D eigenvalue weighted by Crippen LogP contribution is -2.55. The van der Waals surface area contributed by atoms with E-state index in [1.807, 2.05) is 24.3 Å². The van der Waals surface area contributed by atoms with Crippen LogP contribution in [0.4, 0.5) is 4.79 Å². The Morgan fingerprint density at radius 1 is 1.03 bits per heavy atom. The molecule has 2 N–H and O–H groups in total. The van der Waals surface area contributed by atoms with Crippen molar-refractivity contribution >= 4 is 18.0 Å². The Balaban J connectivity index is 1.26. The van der Waals surface area contributed by atoms with Gasteiger partial charge in [0, 0.05) is 31.5 Å². The van der Waals surface area contributed by atoms with Gasteiger partial charge in [0.25, 0.3) is 0 Å². The molecular formula is C25H28N2O5. The van der Waals surface area contributed by atoms with E-state index in [-0.39, 0.29) is 30.9 Å². The topological polar surface area (TPSA) is 95.9 Å². The van der Waals surface area contributed by atoms with Gasteiger partial charge in [0.1, 0.15) is 6.61 Å². The minimum Gasteiger partial charge on any atom is -0.481 e. The molecule has 0 spiro atoms. The molecule has 2 amide bonds. The first-order valence-corrected chi connectivity index (χ1v) is 11.0. The molecule has 1 aliphatic carbocycles. The van der Waals surface area contributed by atoms with E-state index in [0.717, 1.165) is 11.1 Å². The zero-order valence-corrected chi connectivity index (χ0v) is 18.3. The normalized spacial score (nSPS) is 17.0. The SMILES string of the molecule is CC(CNC(=O)OCC1c2ccccc2-c2ccccc21)C(=O)N1CC(C(C)C(=O)O)C1. The molecule has 1 heterocycles. The van der Waals surface area contributed by atoms with Gasteiger partial charge in [-0.2, -0.15) is 0 Å². The molecule has 0 radical (unpaired) electrons. The maximum absolute atomic E-state index is 12.5. The second kappa shape index (κ2) is 9.02. The number of hydrogen-bond acceptors (Lipinski definition) is 4. The number of fused-ring (bicyclic) bond motifs is 3. The van der Waals surface area contributed by atoms with Crippen LogP contribution >= 0.6 is 0 Å².